The van der Waals surface area contributed by atoms with Crippen molar-refractivity contribution in [2.75, 3.05) is 0 Å². The number of halogens is 1. The van der Waals surface area contributed by atoms with E-state index in [-0.39, 0.29) is 24.3 Å². The maximum Gasteiger partial charge on any atom is 0.243 e. The summed E-state index contributed by atoms with van der Waals surface area (Å²) >= 11 is 3.52. The van der Waals surface area contributed by atoms with Crippen LogP contribution in [-0.4, -0.2) is 28.8 Å². The molecule has 0 radical (unpaired) electrons. The monoisotopic (exact) mass is 506 g/mol. The Labute approximate surface area is 205 Å². The third-order valence-electron chi connectivity index (χ3n) is 5.71. The van der Waals surface area contributed by atoms with Gasteiger partial charge in [0, 0.05) is 23.5 Å². The smallest absolute Gasteiger partial charge is 0.243 e. The normalized spacial score (nSPS) is 12.6. The van der Waals surface area contributed by atoms with Crippen molar-refractivity contribution in [1.29, 1.82) is 0 Å². The van der Waals surface area contributed by atoms with Crippen molar-refractivity contribution >= 4 is 27.7 Å². The van der Waals surface area contributed by atoms with Gasteiger partial charge in [-0.15, -0.1) is 0 Å². The Balaban J connectivity index is 1.96. The van der Waals surface area contributed by atoms with E-state index >= 15 is 0 Å². The van der Waals surface area contributed by atoms with E-state index in [4.69, 9.17) is 0 Å². The highest BCUT2D eigenvalue weighted by Gasteiger charge is 2.31. The zero-order valence-electron chi connectivity index (χ0n) is 19.2. The predicted molar refractivity (Wildman–Crippen MR) is 137 cm³/mol. The number of nitrogens with zero attached hydrogens (tertiary/aromatic N) is 1. The van der Waals surface area contributed by atoms with E-state index in [9.17, 15) is 9.59 Å². The standard InChI is InChI=1S/C28H31BrN2O2/c1-3-21(2)30-28(33)26(18-22-11-6-4-7-12-22)31(20-24-15-10-16-25(29)17-24)27(32)19-23-13-8-5-9-14-23/h4-17,21,26H,3,18-20H2,1-2H3,(H,30,33). The minimum absolute atomic E-state index is 0.0349. The summed E-state index contributed by atoms with van der Waals surface area (Å²) in [5.74, 6) is -0.189. The summed E-state index contributed by atoms with van der Waals surface area (Å²) in [7, 11) is 0. The zero-order valence-corrected chi connectivity index (χ0v) is 20.8. The van der Waals surface area contributed by atoms with Gasteiger partial charge in [-0.2, -0.15) is 0 Å². The molecule has 2 atom stereocenters. The summed E-state index contributed by atoms with van der Waals surface area (Å²) in [5.41, 5.74) is 2.93. The number of rotatable bonds is 10. The van der Waals surface area contributed by atoms with Gasteiger partial charge in [0.15, 0.2) is 0 Å². The van der Waals surface area contributed by atoms with Gasteiger partial charge >= 0.3 is 0 Å². The molecule has 1 N–H and O–H groups in total. The van der Waals surface area contributed by atoms with Crippen LogP contribution in [0.1, 0.15) is 37.0 Å². The van der Waals surface area contributed by atoms with Crippen LogP contribution in [0, 0.1) is 0 Å². The molecule has 0 aliphatic heterocycles. The topological polar surface area (TPSA) is 49.4 Å². The van der Waals surface area contributed by atoms with E-state index in [1.807, 2.05) is 98.8 Å². The fourth-order valence-electron chi connectivity index (χ4n) is 3.70. The van der Waals surface area contributed by atoms with Crippen molar-refractivity contribution in [3.05, 3.63) is 106 Å². The van der Waals surface area contributed by atoms with Gasteiger partial charge in [-0.25, -0.2) is 0 Å². The van der Waals surface area contributed by atoms with Crippen molar-refractivity contribution in [3.8, 4) is 0 Å². The molecule has 0 saturated carbocycles. The van der Waals surface area contributed by atoms with E-state index in [0.717, 1.165) is 27.6 Å². The van der Waals surface area contributed by atoms with Crippen LogP contribution in [0.25, 0.3) is 0 Å². The number of hydrogen-bond donors (Lipinski definition) is 1. The molecule has 0 bridgehead atoms. The lowest BCUT2D eigenvalue weighted by Gasteiger charge is -2.32. The minimum Gasteiger partial charge on any atom is -0.352 e. The van der Waals surface area contributed by atoms with E-state index in [1.54, 1.807) is 4.90 Å². The van der Waals surface area contributed by atoms with E-state index in [2.05, 4.69) is 21.2 Å². The van der Waals surface area contributed by atoms with Gasteiger partial charge in [0.1, 0.15) is 6.04 Å². The average molecular weight is 507 g/mol. The van der Waals surface area contributed by atoms with Gasteiger partial charge in [0.2, 0.25) is 11.8 Å². The molecule has 3 aromatic carbocycles. The maximum absolute atomic E-state index is 13.6. The zero-order chi connectivity index (χ0) is 23.6. The Morgan fingerprint density at radius 2 is 1.48 bits per heavy atom. The number of carbonyl (C=O) groups is 2. The van der Waals surface area contributed by atoms with Crippen molar-refractivity contribution in [2.45, 2.75) is 51.7 Å². The van der Waals surface area contributed by atoms with Gasteiger partial charge in [-0.3, -0.25) is 9.59 Å². The Bertz CT molecular complexity index is 1040. The summed E-state index contributed by atoms with van der Waals surface area (Å²) in [6.45, 7) is 4.38. The van der Waals surface area contributed by atoms with Crippen molar-refractivity contribution < 1.29 is 9.59 Å². The molecule has 0 saturated heterocycles. The van der Waals surface area contributed by atoms with Gasteiger partial charge in [-0.1, -0.05) is 95.7 Å². The Kier molecular flexibility index (Phi) is 9.25. The van der Waals surface area contributed by atoms with E-state index < -0.39 is 6.04 Å². The molecule has 33 heavy (non-hydrogen) atoms. The highest BCUT2D eigenvalue weighted by atomic mass is 79.9. The lowest BCUT2D eigenvalue weighted by molar-refractivity contribution is -0.141. The molecule has 0 aliphatic rings. The SMILES string of the molecule is CCC(C)NC(=O)C(Cc1ccccc1)N(Cc1cccc(Br)c1)C(=O)Cc1ccccc1. The molecule has 4 nitrogen and oxygen atoms in total. The molecular formula is C28H31BrN2O2. The number of nitrogens with one attached hydrogen (secondary N) is 1. The highest BCUT2D eigenvalue weighted by molar-refractivity contribution is 9.10. The first-order valence-corrected chi connectivity index (χ1v) is 12.2. The van der Waals surface area contributed by atoms with Crippen LogP contribution in [0.15, 0.2) is 89.4 Å². The van der Waals surface area contributed by atoms with Crippen LogP contribution in [0.5, 0.6) is 0 Å². The van der Waals surface area contributed by atoms with Crippen LogP contribution in [0.2, 0.25) is 0 Å². The first-order chi connectivity index (χ1) is 16.0. The number of hydrogen-bond acceptors (Lipinski definition) is 2. The molecule has 2 amide bonds. The number of carbonyl (C=O) groups excluding carboxylic acids is 2. The van der Waals surface area contributed by atoms with Crippen molar-refractivity contribution in [2.24, 2.45) is 0 Å². The molecule has 0 heterocycles. The minimum atomic E-state index is -0.614. The fourth-order valence-corrected chi connectivity index (χ4v) is 4.15. The van der Waals surface area contributed by atoms with Crippen LogP contribution < -0.4 is 5.32 Å². The largest absolute Gasteiger partial charge is 0.352 e. The summed E-state index contributed by atoms with van der Waals surface area (Å²) in [5, 5.41) is 3.10. The lowest BCUT2D eigenvalue weighted by atomic mass is 10.0. The Morgan fingerprint density at radius 1 is 0.879 bits per heavy atom. The second kappa shape index (κ2) is 12.4. The predicted octanol–water partition coefficient (Wildman–Crippen LogP) is 5.55. The second-order valence-electron chi connectivity index (χ2n) is 8.34. The molecule has 0 spiro atoms. The molecule has 2 unspecified atom stereocenters. The van der Waals surface area contributed by atoms with Gasteiger partial charge < -0.3 is 10.2 Å². The number of amides is 2. The van der Waals surface area contributed by atoms with E-state index in [1.165, 1.54) is 0 Å². The van der Waals surface area contributed by atoms with Gasteiger partial charge in [0.25, 0.3) is 0 Å². The third kappa shape index (κ3) is 7.57. The molecule has 0 fully saturated rings. The van der Waals surface area contributed by atoms with Gasteiger partial charge in [0.05, 0.1) is 6.42 Å². The van der Waals surface area contributed by atoms with Crippen LogP contribution in [0.4, 0.5) is 0 Å². The third-order valence-corrected chi connectivity index (χ3v) is 6.21. The lowest BCUT2D eigenvalue weighted by Crippen LogP contribution is -2.52. The molecule has 0 aromatic heterocycles. The molecule has 172 valence electrons. The first-order valence-electron chi connectivity index (χ1n) is 11.4. The molecular weight excluding hydrogens is 476 g/mol. The van der Waals surface area contributed by atoms with Crippen molar-refractivity contribution in [3.63, 3.8) is 0 Å². The average Bonchev–Trinajstić information content (AvgIpc) is 2.82. The molecule has 5 heteroatoms. The van der Waals surface area contributed by atoms with Gasteiger partial charge in [-0.05, 0) is 42.2 Å². The first kappa shape index (κ1) is 24.7. The Morgan fingerprint density at radius 3 is 2.09 bits per heavy atom. The van der Waals surface area contributed by atoms with Crippen LogP contribution in [0.3, 0.4) is 0 Å². The second-order valence-corrected chi connectivity index (χ2v) is 9.25. The van der Waals surface area contributed by atoms with E-state index in [0.29, 0.717) is 13.0 Å². The molecule has 3 aromatic rings. The maximum atomic E-state index is 13.6. The summed E-state index contributed by atoms with van der Waals surface area (Å²) < 4.78 is 0.944. The quantitative estimate of drug-likeness (QED) is 0.392. The fraction of sp³-hybridized carbons (Fsp3) is 0.286. The van der Waals surface area contributed by atoms with Crippen molar-refractivity contribution in [1.82, 2.24) is 10.2 Å². The highest BCUT2D eigenvalue weighted by Crippen LogP contribution is 2.19. The number of benzene rings is 3. The van der Waals surface area contributed by atoms with Crippen LogP contribution in [-0.2, 0) is 29.0 Å². The molecule has 3 rings (SSSR count). The summed E-state index contributed by atoms with van der Waals surface area (Å²) in [6, 6.07) is 26.9. The molecule has 0 aliphatic carbocycles. The van der Waals surface area contributed by atoms with Crippen LogP contribution >= 0.6 is 15.9 Å². The Hall–Kier alpha value is -2.92. The summed E-state index contributed by atoms with van der Waals surface area (Å²) in [4.78, 5) is 28.8. The summed E-state index contributed by atoms with van der Waals surface area (Å²) in [6.07, 6.45) is 1.53.